The fourth-order valence-corrected chi connectivity index (χ4v) is 1.96. The van der Waals surface area contributed by atoms with E-state index in [1.165, 1.54) is 5.56 Å². The molecule has 1 aliphatic rings. The van der Waals surface area contributed by atoms with Gasteiger partial charge in [0.1, 0.15) is 5.82 Å². The third-order valence-corrected chi connectivity index (χ3v) is 2.97. The molecule has 88 valence electrons. The van der Waals surface area contributed by atoms with Gasteiger partial charge >= 0.3 is 0 Å². The summed E-state index contributed by atoms with van der Waals surface area (Å²) >= 11 is 0. The van der Waals surface area contributed by atoms with E-state index in [1.807, 2.05) is 18.3 Å². The highest BCUT2D eigenvalue weighted by molar-refractivity contribution is 5.29. The van der Waals surface area contributed by atoms with Crippen molar-refractivity contribution in [2.45, 2.75) is 32.5 Å². The van der Waals surface area contributed by atoms with Gasteiger partial charge in [-0.2, -0.15) is 0 Å². The van der Waals surface area contributed by atoms with E-state index in [0.29, 0.717) is 18.0 Å². The number of morpholine rings is 1. The number of ether oxygens (including phenoxy) is 1. The Morgan fingerprint density at radius 1 is 1.50 bits per heavy atom. The van der Waals surface area contributed by atoms with E-state index in [0.717, 1.165) is 19.7 Å². The summed E-state index contributed by atoms with van der Waals surface area (Å²) in [4.78, 5) is 6.53. The SMILES string of the molecule is CC1CN(Cc2ccc(N)nc2)C(C)CO1. The smallest absolute Gasteiger partial charge is 0.123 e. The normalized spacial score (nSPS) is 26.9. The van der Waals surface area contributed by atoms with Gasteiger partial charge in [-0.3, -0.25) is 4.90 Å². The summed E-state index contributed by atoms with van der Waals surface area (Å²) in [6.07, 6.45) is 2.17. The van der Waals surface area contributed by atoms with Crippen LogP contribution in [0.15, 0.2) is 18.3 Å². The zero-order chi connectivity index (χ0) is 11.5. The van der Waals surface area contributed by atoms with Crippen LogP contribution in [0.2, 0.25) is 0 Å². The minimum atomic E-state index is 0.318. The van der Waals surface area contributed by atoms with Gasteiger partial charge in [0.05, 0.1) is 12.7 Å². The zero-order valence-corrected chi connectivity index (χ0v) is 9.89. The molecule has 1 saturated heterocycles. The highest BCUT2D eigenvalue weighted by Crippen LogP contribution is 2.15. The Hall–Kier alpha value is -1.13. The number of nitrogens with two attached hydrogens (primary N) is 1. The molecule has 2 N–H and O–H groups in total. The minimum Gasteiger partial charge on any atom is -0.384 e. The molecule has 0 amide bonds. The summed E-state index contributed by atoms with van der Waals surface area (Å²) in [5.74, 6) is 0.576. The fourth-order valence-electron chi connectivity index (χ4n) is 1.96. The molecule has 2 atom stereocenters. The van der Waals surface area contributed by atoms with Gasteiger partial charge in [-0.15, -0.1) is 0 Å². The maximum atomic E-state index is 5.60. The molecule has 2 rings (SSSR count). The molecule has 0 aliphatic carbocycles. The first kappa shape index (κ1) is 11.4. The molecule has 1 aliphatic heterocycles. The monoisotopic (exact) mass is 221 g/mol. The van der Waals surface area contributed by atoms with Crippen LogP contribution >= 0.6 is 0 Å². The van der Waals surface area contributed by atoms with Gasteiger partial charge in [-0.25, -0.2) is 4.98 Å². The molecule has 2 heterocycles. The lowest BCUT2D eigenvalue weighted by atomic mass is 10.1. The average Bonchev–Trinajstić information content (AvgIpc) is 2.27. The van der Waals surface area contributed by atoms with Crippen LogP contribution in [0.3, 0.4) is 0 Å². The number of pyridine rings is 1. The number of hydrogen-bond acceptors (Lipinski definition) is 4. The molecule has 0 saturated carbocycles. The Morgan fingerprint density at radius 3 is 3.00 bits per heavy atom. The van der Waals surface area contributed by atoms with Crippen molar-refractivity contribution in [2.24, 2.45) is 0 Å². The minimum absolute atomic E-state index is 0.318. The molecule has 0 bridgehead atoms. The van der Waals surface area contributed by atoms with Crippen LogP contribution in [0.4, 0.5) is 5.82 Å². The molecule has 4 heteroatoms. The highest BCUT2D eigenvalue weighted by Gasteiger charge is 2.23. The average molecular weight is 221 g/mol. The van der Waals surface area contributed by atoms with Crippen molar-refractivity contribution in [3.63, 3.8) is 0 Å². The zero-order valence-electron chi connectivity index (χ0n) is 9.89. The lowest BCUT2D eigenvalue weighted by Crippen LogP contribution is -2.46. The van der Waals surface area contributed by atoms with Gasteiger partial charge in [0.25, 0.3) is 0 Å². The predicted octanol–water partition coefficient (Wildman–Crippen LogP) is 1.27. The second-order valence-corrected chi connectivity index (χ2v) is 4.51. The van der Waals surface area contributed by atoms with Crippen molar-refractivity contribution in [3.8, 4) is 0 Å². The standard InChI is InChI=1S/C12H19N3O/c1-9-8-16-10(2)6-15(9)7-11-3-4-12(13)14-5-11/h3-5,9-10H,6-8H2,1-2H3,(H2,13,14). The summed E-state index contributed by atoms with van der Waals surface area (Å²) in [5.41, 5.74) is 6.77. The van der Waals surface area contributed by atoms with Gasteiger partial charge in [-0.1, -0.05) is 6.07 Å². The lowest BCUT2D eigenvalue weighted by Gasteiger charge is -2.36. The van der Waals surface area contributed by atoms with E-state index in [1.54, 1.807) is 0 Å². The van der Waals surface area contributed by atoms with Crippen LogP contribution in [0.5, 0.6) is 0 Å². The Kier molecular flexibility index (Phi) is 3.41. The van der Waals surface area contributed by atoms with Crippen molar-refractivity contribution in [3.05, 3.63) is 23.9 Å². The van der Waals surface area contributed by atoms with Crippen LogP contribution in [0.25, 0.3) is 0 Å². The van der Waals surface area contributed by atoms with Gasteiger partial charge in [-0.05, 0) is 25.5 Å². The van der Waals surface area contributed by atoms with Gasteiger partial charge in [0, 0.05) is 25.3 Å². The third kappa shape index (κ3) is 2.71. The van der Waals surface area contributed by atoms with E-state index in [4.69, 9.17) is 10.5 Å². The van der Waals surface area contributed by atoms with Crippen LogP contribution in [0.1, 0.15) is 19.4 Å². The van der Waals surface area contributed by atoms with Crippen molar-refractivity contribution < 1.29 is 4.74 Å². The molecular formula is C12H19N3O. The summed E-state index contributed by atoms with van der Waals surface area (Å²) < 4.78 is 5.60. The second-order valence-electron chi connectivity index (χ2n) is 4.51. The molecular weight excluding hydrogens is 202 g/mol. The molecule has 16 heavy (non-hydrogen) atoms. The van der Waals surface area contributed by atoms with Crippen molar-refractivity contribution >= 4 is 5.82 Å². The van der Waals surface area contributed by atoms with E-state index in [9.17, 15) is 0 Å². The maximum absolute atomic E-state index is 5.60. The van der Waals surface area contributed by atoms with Gasteiger partial charge in [0.15, 0.2) is 0 Å². The number of rotatable bonds is 2. The topological polar surface area (TPSA) is 51.4 Å². The first-order chi connectivity index (χ1) is 7.65. The first-order valence-corrected chi connectivity index (χ1v) is 5.71. The second kappa shape index (κ2) is 4.80. The van der Waals surface area contributed by atoms with E-state index >= 15 is 0 Å². The maximum Gasteiger partial charge on any atom is 0.123 e. The third-order valence-electron chi connectivity index (χ3n) is 2.97. The number of nitrogens with zero attached hydrogens (tertiary/aromatic N) is 2. The number of nitrogen functional groups attached to an aromatic ring is 1. The molecule has 1 fully saturated rings. The summed E-state index contributed by atoms with van der Waals surface area (Å²) in [6.45, 7) is 7.01. The van der Waals surface area contributed by atoms with Crippen molar-refractivity contribution in [1.82, 2.24) is 9.88 Å². The quantitative estimate of drug-likeness (QED) is 0.817. The summed E-state index contributed by atoms with van der Waals surface area (Å²) in [5, 5.41) is 0. The molecule has 0 spiro atoms. The van der Waals surface area contributed by atoms with Crippen LogP contribution in [-0.4, -0.2) is 35.2 Å². The predicted molar refractivity (Wildman–Crippen MR) is 63.9 cm³/mol. The Morgan fingerprint density at radius 2 is 2.31 bits per heavy atom. The number of hydrogen-bond donors (Lipinski definition) is 1. The molecule has 1 aromatic rings. The Balaban J connectivity index is 2.00. The summed E-state index contributed by atoms with van der Waals surface area (Å²) in [7, 11) is 0. The number of aromatic nitrogens is 1. The largest absolute Gasteiger partial charge is 0.384 e. The van der Waals surface area contributed by atoms with Crippen LogP contribution in [0, 0.1) is 0 Å². The van der Waals surface area contributed by atoms with Crippen molar-refractivity contribution in [1.29, 1.82) is 0 Å². The molecule has 0 radical (unpaired) electrons. The van der Waals surface area contributed by atoms with E-state index < -0.39 is 0 Å². The Bertz CT molecular complexity index is 339. The van der Waals surface area contributed by atoms with E-state index in [2.05, 4.69) is 23.7 Å². The first-order valence-electron chi connectivity index (χ1n) is 5.71. The molecule has 2 unspecified atom stereocenters. The molecule has 4 nitrogen and oxygen atoms in total. The van der Waals surface area contributed by atoms with Gasteiger partial charge in [0.2, 0.25) is 0 Å². The lowest BCUT2D eigenvalue weighted by molar-refractivity contribution is -0.0526. The molecule has 0 aromatic carbocycles. The van der Waals surface area contributed by atoms with Crippen LogP contribution in [-0.2, 0) is 11.3 Å². The number of anilines is 1. The fraction of sp³-hybridized carbons (Fsp3) is 0.583. The highest BCUT2D eigenvalue weighted by atomic mass is 16.5. The Labute approximate surface area is 96.4 Å². The van der Waals surface area contributed by atoms with E-state index in [-0.39, 0.29) is 0 Å². The summed E-state index contributed by atoms with van der Waals surface area (Å²) in [6, 6.07) is 4.35. The van der Waals surface area contributed by atoms with Gasteiger partial charge < -0.3 is 10.5 Å². The van der Waals surface area contributed by atoms with Crippen LogP contribution < -0.4 is 5.73 Å². The van der Waals surface area contributed by atoms with Crippen molar-refractivity contribution in [2.75, 3.05) is 18.9 Å². The molecule has 1 aromatic heterocycles.